The number of rotatable bonds is 7. The van der Waals surface area contributed by atoms with Gasteiger partial charge < -0.3 is 14.6 Å². The lowest BCUT2D eigenvalue weighted by Crippen LogP contribution is -2.33. The quantitative estimate of drug-likeness (QED) is 0.706. The smallest absolute Gasteiger partial charge is 0.136 e. The third-order valence-electron chi connectivity index (χ3n) is 4.69. The summed E-state index contributed by atoms with van der Waals surface area (Å²) in [6, 6.07) is 13.5. The Morgan fingerprint density at radius 1 is 1.08 bits per heavy atom. The van der Waals surface area contributed by atoms with Crippen molar-refractivity contribution in [2.75, 3.05) is 6.61 Å². The molecule has 1 aliphatic heterocycles. The predicted octanol–water partition coefficient (Wildman–Crippen LogP) is 3.73. The van der Waals surface area contributed by atoms with Gasteiger partial charge in [0.15, 0.2) is 0 Å². The van der Waals surface area contributed by atoms with Crippen molar-refractivity contribution in [3.63, 3.8) is 0 Å². The summed E-state index contributed by atoms with van der Waals surface area (Å²) >= 11 is 0. The van der Waals surface area contributed by atoms with Crippen LogP contribution < -0.4 is 20.3 Å². The Morgan fingerprint density at radius 3 is 2.54 bits per heavy atom. The first kappa shape index (κ1) is 18.5. The van der Waals surface area contributed by atoms with Crippen LogP contribution in [0.1, 0.15) is 44.4 Å². The van der Waals surface area contributed by atoms with Gasteiger partial charge in [0.05, 0.1) is 18.7 Å². The molecule has 26 heavy (non-hydrogen) atoms. The van der Waals surface area contributed by atoms with Crippen LogP contribution >= 0.6 is 0 Å². The highest BCUT2D eigenvalue weighted by atomic mass is 16.5. The van der Waals surface area contributed by atoms with Crippen LogP contribution in [0.25, 0.3) is 0 Å². The van der Waals surface area contributed by atoms with Crippen LogP contribution in [-0.2, 0) is 6.42 Å². The lowest BCUT2D eigenvalue weighted by atomic mass is 9.95. The molecule has 3 rings (SSSR count). The molecule has 140 valence electrons. The van der Waals surface area contributed by atoms with E-state index in [0.29, 0.717) is 6.61 Å². The van der Waals surface area contributed by atoms with Crippen LogP contribution in [-0.4, -0.2) is 23.9 Å². The van der Waals surface area contributed by atoms with E-state index < -0.39 is 0 Å². The summed E-state index contributed by atoms with van der Waals surface area (Å²) in [6.07, 6.45) is 1.63. The Kier molecular flexibility index (Phi) is 6.01. The molecule has 3 N–H and O–H groups in total. The molecule has 1 fully saturated rings. The van der Waals surface area contributed by atoms with Crippen LogP contribution in [0, 0.1) is 0 Å². The van der Waals surface area contributed by atoms with E-state index in [0.717, 1.165) is 35.5 Å². The van der Waals surface area contributed by atoms with Crippen LogP contribution in [0.5, 0.6) is 17.2 Å². The van der Waals surface area contributed by atoms with Crippen molar-refractivity contribution in [3.05, 3.63) is 53.6 Å². The van der Waals surface area contributed by atoms with Gasteiger partial charge in [-0.3, -0.25) is 5.43 Å². The van der Waals surface area contributed by atoms with E-state index in [-0.39, 0.29) is 23.9 Å². The van der Waals surface area contributed by atoms with Crippen molar-refractivity contribution in [2.24, 2.45) is 0 Å². The number of hydrogen-bond acceptors (Lipinski definition) is 5. The molecule has 3 unspecified atom stereocenters. The van der Waals surface area contributed by atoms with Gasteiger partial charge in [0.25, 0.3) is 0 Å². The van der Waals surface area contributed by atoms with Gasteiger partial charge in [-0.15, -0.1) is 0 Å². The molecule has 0 bridgehead atoms. The van der Waals surface area contributed by atoms with Crippen molar-refractivity contribution >= 4 is 0 Å². The fourth-order valence-electron chi connectivity index (χ4n) is 3.26. The fraction of sp³-hybridized carbons (Fsp3) is 0.429. The number of para-hydroxylation sites is 1. The topological polar surface area (TPSA) is 62.8 Å². The normalized spacial score (nSPS) is 22.3. The molecule has 1 saturated heterocycles. The van der Waals surface area contributed by atoms with Gasteiger partial charge in [-0.05, 0) is 43.5 Å². The maximum Gasteiger partial charge on any atom is 0.136 e. The first-order valence-electron chi connectivity index (χ1n) is 9.35. The van der Waals surface area contributed by atoms with E-state index >= 15 is 0 Å². The summed E-state index contributed by atoms with van der Waals surface area (Å²) in [7, 11) is 0. The predicted molar refractivity (Wildman–Crippen MR) is 103 cm³/mol. The molecule has 5 heteroatoms. The van der Waals surface area contributed by atoms with Crippen LogP contribution in [0.2, 0.25) is 0 Å². The average molecular weight is 356 g/mol. The number of hydrazine groups is 1. The number of aryl methyl sites for hydroxylation is 1. The maximum absolute atomic E-state index is 10.6. The van der Waals surface area contributed by atoms with Crippen molar-refractivity contribution in [3.8, 4) is 17.2 Å². The summed E-state index contributed by atoms with van der Waals surface area (Å²) in [5, 5.41) is 10.6. The highest BCUT2D eigenvalue weighted by molar-refractivity contribution is 5.48. The van der Waals surface area contributed by atoms with Gasteiger partial charge in [0.1, 0.15) is 23.4 Å². The summed E-state index contributed by atoms with van der Waals surface area (Å²) in [6.45, 7) is 6.87. The van der Waals surface area contributed by atoms with E-state index in [1.807, 2.05) is 36.4 Å². The van der Waals surface area contributed by atoms with E-state index in [1.54, 1.807) is 6.07 Å². The number of phenolic OH excluding ortho intramolecular Hbond substituents is 1. The minimum atomic E-state index is -0.157. The van der Waals surface area contributed by atoms with Crippen molar-refractivity contribution in [2.45, 2.75) is 51.8 Å². The zero-order chi connectivity index (χ0) is 18.5. The van der Waals surface area contributed by atoms with Gasteiger partial charge >= 0.3 is 0 Å². The highest BCUT2D eigenvalue weighted by Crippen LogP contribution is 2.37. The zero-order valence-electron chi connectivity index (χ0n) is 15.7. The minimum absolute atomic E-state index is 0.0979. The van der Waals surface area contributed by atoms with Crippen molar-refractivity contribution in [1.82, 2.24) is 10.9 Å². The molecule has 0 aliphatic carbocycles. The molecule has 0 saturated carbocycles. The minimum Gasteiger partial charge on any atom is -0.507 e. The molecule has 3 atom stereocenters. The third kappa shape index (κ3) is 3.94. The number of aromatic hydroxyl groups is 1. The Bertz CT molecular complexity index is 721. The number of phenols is 1. The second-order valence-electron chi connectivity index (χ2n) is 6.67. The molecule has 0 radical (unpaired) electrons. The van der Waals surface area contributed by atoms with Gasteiger partial charge in [-0.2, -0.15) is 0 Å². The third-order valence-corrected chi connectivity index (χ3v) is 4.69. The molecule has 5 nitrogen and oxygen atoms in total. The largest absolute Gasteiger partial charge is 0.507 e. The van der Waals surface area contributed by atoms with Crippen molar-refractivity contribution in [1.29, 1.82) is 0 Å². The van der Waals surface area contributed by atoms with Gasteiger partial charge in [-0.1, -0.05) is 32.0 Å². The second-order valence-corrected chi connectivity index (χ2v) is 6.67. The molecule has 0 amide bonds. The molecule has 1 heterocycles. The summed E-state index contributed by atoms with van der Waals surface area (Å²) < 4.78 is 12.0. The van der Waals surface area contributed by atoms with Gasteiger partial charge in [0, 0.05) is 11.6 Å². The zero-order valence-corrected chi connectivity index (χ0v) is 15.7. The first-order chi connectivity index (χ1) is 12.6. The monoisotopic (exact) mass is 356 g/mol. The number of ether oxygens (including phenoxy) is 2. The second kappa shape index (κ2) is 8.43. The van der Waals surface area contributed by atoms with Gasteiger partial charge in [0.2, 0.25) is 0 Å². The standard InChI is InChI=1S/C21H28N2O3/c1-4-11-25-19-13-18(24)17(12-15(19)5-2)20-21(14(3)22-23-20)26-16-9-7-6-8-10-16/h6-10,12-14,20-24H,4-5,11H2,1-3H3. The van der Waals surface area contributed by atoms with Crippen LogP contribution in [0.15, 0.2) is 42.5 Å². The van der Waals surface area contributed by atoms with Crippen LogP contribution in [0.4, 0.5) is 0 Å². The fourth-order valence-corrected chi connectivity index (χ4v) is 3.26. The highest BCUT2D eigenvalue weighted by Gasteiger charge is 2.37. The van der Waals surface area contributed by atoms with Gasteiger partial charge in [-0.25, -0.2) is 5.43 Å². The molecule has 1 aliphatic rings. The summed E-state index contributed by atoms with van der Waals surface area (Å²) in [5.74, 6) is 1.80. The number of hydrogen-bond donors (Lipinski definition) is 3. The molecular formula is C21H28N2O3. The molecule has 0 aromatic heterocycles. The van der Waals surface area contributed by atoms with E-state index in [2.05, 4.69) is 31.6 Å². The molecule has 2 aromatic carbocycles. The lowest BCUT2D eigenvalue weighted by Gasteiger charge is -2.24. The molecule has 2 aromatic rings. The average Bonchev–Trinajstić information content (AvgIpc) is 3.01. The Labute approximate surface area is 155 Å². The Hall–Kier alpha value is -2.24. The number of nitrogens with one attached hydrogen (secondary N) is 2. The summed E-state index contributed by atoms with van der Waals surface area (Å²) in [4.78, 5) is 0. The van der Waals surface area contributed by atoms with Crippen LogP contribution in [0.3, 0.4) is 0 Å². The SMILES string of the molecule is CCCOc1cc(O)c(C2NNC(C)C2Oc2ccccc2)cc1CC. The molecular weight excluding hydrogens is 328 g/mol. The van der Waals surface area contributed by atoms with E-state index in [9.17, 15) is 5.11 Å². The Morgan fingerprint density at radius 2 is 1.85 bits per heavy atom. The van der Waals surface area contributed by atoms with E-state index in [1.165, 1.54) is 0 Å². The van der Waals surface area contributed by atoms with Crippen molar-refractivity contribution < 1.29 is 14.6 Å². The lowest BCUT2D eigenvalue weighted by molar-refractivity contribution is 0.170. The first-order valence-corrected chi connectivity index (χ1v) is 9.35. The maximum atomic E-state index is 10.6. The number of benzene rings is 2. The summed E-state index contributed by atoms with van der Waals surface area (Å²) in [5.41, 5.74) is 8.42. The Balaban J connectivity index is 1.88. The van der Waals surface area contributed by atoms with E-state index in [4.69, 9.17) is 9.47 Å². The molecule has 0 spiro atoms.